The number of amides is 1. The molecule has 0 fully saturated rings. The topological polar surface area (TPSA) is 48.0 Å². The highest BCUT2D eigenvalue weighted by Crippen LogP contribution is 2.33. The molecule has 0 radical (unpaired) electrons. The van der Waals surface area contributed by atoms with E-state index in [0.717, 1.165) is 17.1 Å². The first-order valence-electron chi connectivity index (χ1n) is 5.68. The minimum atomic E-state index is -0.0236. The number of carbonyl (C=O) groups is 1. The van der Waals surface area contributed by atoms with E-state index in [4.69, 9.17) is 14.2 Å². The van der Waals surface area contributed by atoms with E-state index in [9.17, 15) is 4.79 Å². The molecule has 0 spiro atoms. The monoisotopic (exact) mass is 247 g/mol. The van der Waals surface area contributed by atoms with Crippen LogP contribution in [0.1, 0.15) is 5.56 Å². The van der Waals surface area contributed by atoms with Crippen molar-refractivity contribution in [3.8, 4) is 11.5 Å². The molecule has 94 valence electrons. The van der Waals surface area contributed by atoms with Crippen LogP contribution in [0.5, 0.6) is 11.5 Å². The van der Waals surface area contributed by atoms with Gasteiger partial charge in [-0.1, -0.05) is 6.07 Å². The van der Waals surface area contributed by atoms with Crippen LogP contribution in [0.25, 0.3) is 0 Å². The van der Waals surface area contributed by atoms with Crippen LogP contribution in [-0.4, -0.2) is 31.3 Å². The number of hydrogen-bond acceptors (Lipinski definition) is 4. The van der Waals surface area contributed by atoms with Crippen LogP contribution in [0.2, 0.25) is 0 Å². The molecule has 0 atom stereocenters. The Kier molecular flexibility index (Phi) is 2.59. The Hall–Kier alpha value is -2.17. The smallest absolute Gasteiger partial charge is 0.250 e. The Morgan fingerprint density at radius 1 is 1.33 bits per heavy atom. The van der Waals surface area contributed by atoms with Crippen molar-refractivity contribution in [2.24, 2.45) is 0 Å². The maximum absolute atomic E-state index is 11.7. The van der Waals surface area contributed by atoms with Gasteiger partial charge in [0.1, 0.15) is 5.76 Å². The molecule has 0 saturated heterocycles. The van der Waals surface area contributed by atoms with Gasteiger partial charge in [0.05, 0.1) is 13.7 Å². The van der Waals surface area contributed by atoms with E-state index >= 15 is 0 Å². The predicted molar refractivity (Wildman–Crippen MR) is 63.1 cm³/mol. The lowest BCUT2D eigenvalue weighted by molar-refractivity contribution is -0.125. The molecule has 0 unspecified atom stereocenters. The van der Waals surface area contributed by atoms with Gasteiger partial charge in [-0.25, -0.2) is 0 Å². The van der Waals surface area contributed by atoms with Crippen LogP contribution < -0.4 is 9.47 Å². The molecule has 1 aromatic carbocycles. The zero-order valence-corrected chi connectivity index (χ0v) is 10.0. The van der Waals surface area contributed by atoms with Gasteiger partial charge in [-0.2, -0.15) is 0 Å². The lowest BCUT2D eigenvalue weighted by Gasteiger charge is -2.16. The number of carbonyl (C=O) groups excluding carboxylic acids is 1. The number of nitrogens with zero attached hydrogens (tertiary/aromatic N) is 1. The lowest BCUT2D eigenvalue weighted by Crippen LogP contribution is -2.25. The standard InChI is InChI=1S/C13H13NO4/c1-16-10-5-13(15)14(7-10)6-9-2-3-11-12(4-9)18-8-17-11/h2-5H,6-8H2,1H3. The van der Waals surface area contributed by atoms with Gasteiger partial charge in [-0.15, -0.1) is 0 Å². The molecular formula is C13H13NO4. The number of hydrogen-bond donors (Lipinski definition) is 0. The lowest BCUT2D eigenvalue weighted by atomic mass is 10.2. The largest absolute Gasteiger partial charge is 0.499 e. The third-order valence-electron chi connectivity index (χ3n) is 3.02. The van der Waals surface area contributed by atoms with Crippen LogP contribution >= 0.6 is 0 Å². The summed E-state index contributed by atoms with van der Waals surface area (Å²) in [6.07, 6.45) is 1.52. The summed E-state index contributed by atoms with van der Waals surface area (Å²) in [5.74, 6) is 2.16. The van der Waals surface area contributed by atoms with E-state index in [1.807, 2.05) is 18.2 Å². The van der Waals surface area contributed by atoms with E-state index in [0.29, 0.717) is 18.8 Å². The summed E-state index contributed by atoms with van der Waals surface area (Å²) in [6.45, 7) is 1.32. The first kappa shape index (κ1) is 11.0. The SMILES string of the molecule is COC1=CC(=O)N(Cc2ccc3c(c2)OCO3)C1. The second-order valence-corrected chi connectivity index (χ2v) is 4.20. The quantitative estimate of drug-likeness (QED) is 0.807. The number of fused-ring (bicyclic) bond motifs is 1. The highest BCUT2D eigenvalue weighted by Gasteiger charge is 2.23. The van der Waals surface area contributed by atoms with Crippen molar-refractivity contribution in [1.82, 2.24) is 4.90 Å². The molecule has 18 heavy (non-hydrogen) atoms. The van der Waals surface area contributed by atoms with E-state index in [2.05, 4.69) is 0 Å². The summed E-state index contributed by atoms with van der Waals surface area (Å²) in [7, 11) is 1.57. The third kappa shape index (κ3) is 1.88. The Labute approximate surface area is 105 Å². The second-order valence-electron chi connectivity index (χ2n) is 4.20. The van der Waals surface area contributed by atoms with Crippen molar-refractivity contribution in [3.05, 3.63) is 35.6 Å². The van der Waals surface area contributed by atoms with E-state index in [-0.39, 0.29) is 12.7 Å². The molecule has 1 amide bonds. The molecule has 0 bridgehead atoms. The Morgan fingerprint density at radius 3 is 2.94 bits per heavy atom. The van der Waals surface area contributed by atoms with Gasteiger partial charge >= 0.3 is 0 Å². The van der Waals surface area contributed by atoms with Gasteiger partial charge in [-0.05, 0) is 17.7 Å². The molecule has 3 rings (SSSR count). The van der Waals surface area contributed by atoms with E-state index in [1.54, 1.807) is 12.0 Å². The summed E-state index contributed by atoms with van der Waals surface area (Å²) >= 11 is 0. The fourth-order valence-corrected chi connectivity index (χ4v) is 2.06. The minimum Gasteiger partial charge on any atom is -0.499 e. The van der Waals surface area contributed by atoms with Crippen molar-refractivity contribution in [2.45, 2.75) is 6.54 Å². The molecule has 0 aromatic heterocycles. The molecule has 1 aromatic rings. The summed E-state index contributed by atoms with van der Waals surface area (Å²) in [5, 5.41) is 0. The van der Waals surface area contributed by atoms with Gasteiger partial charge in [-0.3, -0.25) is 4.79 Å². The Morgan fingerprint density at radius 2 is 2.17 bits per heavy atom. The maximum atomic E-state index is 11.7. The third-order valence-corrected chi connectivity index (χ3v) is 3.02. The average Bonchev–Trinajstić information content (AvgIpc) is 2.96. The molecule has 0 aliphatic carbocycles. The summed E-state index contributed by atoms with van der Waals surface area (Å²) < 4.78 is 15.6. The molecule has 5 nitrogen and oxygen atoms in total. The van der Waals surface area contributed by atoms with Crippen LogP contribution in [-0.2, 0) is 16.1 Å². The number of rotatable bonds is 3. The Balaban J connectivity index is 1.72. The molecule has 0 N–H and O–H groups in total. The molecule has 5 heteroatoms. The number of methoxy groups -OCH3 is 1. The molecule has 2 aliphatic heterocycles. The van der Waals surface area contributed by atoms with E-state index in [1.165, 1.54) is 6.08 Å². The molecule has 2 heterocycles. The normalized spacial score (nSPS) is 17.1. The maximum Gasteiger partial charge on any atom is 0.250 e. The van der Waals surface area contributed by atoms with Gasteiger partial charge in [0, 0.05) is 12.6 Å². The summed E-state index contributed by atoms with van der Waals surface area (Å²) in [5.41, 5.74) is 1.01. The van der Waals surface area contributed by atoms with Crippen molar-refractivity contribution in [3.63, 3.8) is 0 Å². The van der Waals surface area contributed by atoms with Gasteiger partial charge in [0.2, 0.25) is 6.79 Å². The van der Waals surface area contributed by atoms with Crippen LogP contribution in [0, 0.1) is 0 Å². The number of benzene rings is 1. The fraction of sp³-hybridized carbons (Fsp3) is 0.308. The zero-order valence-electron chi connectivity index (χ0n) is 10.0. The Bertz CT molecular complexity index is 524. The predicted octanol–water partition coefficient (Wildman–Crippen LogP) is 1.29. The second kappa shape index (κ2) is 4.25. The van der Waals surface area contributed by atoms with Crippen molar-refractivity contribution in [1.29, 1.82) is 0 Å². The van der Waals surface area contributed by atoms with Gasteiger partial charge in [0.25, 0.3) is 5.91 Å². The first-order valence-corrected chi connectivity index (χ1v) is 5.68. The van der Waals surface area contributed by atoms with Gasteiger partial charge < -0.3 is 19.1 Å². The van der Waals surface area contributed by atoms with Gasteiger partial charge in [0.15, 0.2) is 11.5 Å². The average molecular weight is 247 g/mol. The van der Waals surface area contributed by atoms with Crippen molar-refractivity contribution in [2.75, 3.05) is 20.4 Å². The molecule has 2 aliphatic rings. The zero-order chi connectivity index (χ0) is 12.5. The minimum absolute atomic E-state index is 0.0236. The van der Waals surface area contributed by atoms with Crippen LogP contribution in [0.15, 0.2) is 30.0 Å². The van der Waals surface area contributed by atoms with Crippen molar-refractivity contribution >= 4 is 5.91 Å². The summed E-state index contributed by atoms with van der Waals surface area (Å²) in [4.78, 5) is 13.4. The van der Waals surface area contributed by atoms with Crippen molar-refractivity contribution < 1.29 is 19.0 Å². The first-order chi connectivity index (χ1) is 8.76. The van der Waals surface area contributed by atoms with E-state index < -0.39 is 0 Å². The fourth-order valence-electron chi connectivity index (χ4n) is 2.06. The highest BCUT2D eigenvalue weighted by atomic mass is 16.7. The highest BCUT2D eigenvalue weighted by molar-refractivity contribution is 5.90. The molecule has 0 saturated carbocycles. The molecular weight excluding hydrogens is 234 g/mol. The number of ether oxygens (including phenoxy) is 3. The van der Waals surface area contributed by atoms with Crippen LogP contribution in [0.4, 0.5) is 0 Å². The van der Waals surface area contributed by atoms with Crippen LogP contribution in [0.3, 0.4) is 0 Å². The summed E-state index contributed by atoms with van der Waals surface area (Å²) in [6, 6.07) is 5.70.